The van der Waals surface area contributed by atoms with Crippen LogP contribution >= 0.6 is 24.0 Å². The minimum atomic E-state index is -3.39. The molecule has 6 nitrogen and oxygen atoms in total. The lowest BCUT2D eigenvalue weighted by Crippen LogP contribution is -2.44. The number of nitrogens with one attached hydrogen (secondary N) is 2. The number of aryl methyl sites for hydroxylation is 2. The van der Waals surface area contributed by atoms with Crippen LogP contribution in [0, 0.1) is 19.8 Å². The highest BCUT2D eigenvalue weighted by atomic mass is 127. The molecule has 170 valence electrons. The Morgan fingerprint density at radius 3 is 2.35 bits per heavy atom. The van der Waals surface area contributed by atoms with Crippen molar-refractivity contribution < 1.29 is 8.42 Å². The summed E-state index contributed by atoms with van der Waals surface area (Å²) in [5, 5.41) is 6.77. The number of guanidine groups is 1. The molecule has 1 heterocycles. The summed E-state index contributed by atoms with van der Waals surface area (Å²) in [6.45, 7) is 6.83. The molecule has 0 saturated carbocycles. The Morgan fingerprint density at radius 2 is 1.74 bits per heavy atom. The maximum atomic E-state index is 12.8. The van der Waals surface area contributed by atoms with Gasteiger partial charge in [-0.15, -0.1) is 24.0 Å². The molecule has 0 aliphatic carbocycles. The molecular formula is C23H33IN4O2S. The quantitative estimate of drug-likeness (QED) is 0.324. The van der Waals surface area contributed by atoms with Crippen LogP contribution in [-0.4, -0.2) is 45.4 Å². The third-order valence-electron chi connectivity index (χ3n) is 5.68. The second-order valence-corrected chi connectivity index (χ2v) is 9.84. The lowest BCUT2D eigenvalue weighted by Gasteiger charge is -2.31. The van der Waals surface area contributed by atoms with Crippen LogP contribution in [0.1, 0.15) is 29.5 Å². The first-order chi connectivity index (χ1) is 14.4. The summed E-state index contributed by atoms with van der Waals surface area (Å²) in [6, 6.07) is 15.1. The van der Waals surface area contributed by atoms with E-state index in [4.69, 9.17) is 0 Å². The maximum Gasteiger partial charge on any atom is 0.243 e. The van der Waals surface area contributed by atoms with Crippen molar-refractivity contribution in [1.82, 2.24) is 14.9 Å². The van der Waals surface area contributed by atoms with Gasteiger partial charge in [0, 0.05) is 33.2 Å². The van der Waals surface area contributed by atoms with Gasteiger partial charge in [-0.1, -0.05) is 42.0 Å². The summed E-state index contributed by atoms with van der Waals surface area (Å²) in [7, 11) is -1.62. The second-order valence-electron chi connectivity index (χ2n) is 7.90. The fraction of sp³-hybridized carbons (Fsp3) is 0.435. The molecule has 2 N–H and O–H groups in total. The molecular weight excluding hydrogens is 523 g/mol. The third-order valence-corrected chi connectivity index (χ3v) is 7.59. The Morgan fingerprint density at radius 1 is 1.06 bits per heavy atom. The van der Waals surface area contributed by atoms with Crippen LogP contribution in [0.2, 0.25) is 0 Å². The van der Waals surface area contributed by atoms with Gasteiger partial charge in [-0.2, -0.15) is 4.31 Å². The van der Waals surface area contributed by atoms with Gasteiger partial charge in [-0.3, -0.25) is 4.99 Å². The number of benzene rings is 2. The van der Waals surface area contributed by atoms with Gasteiger partial charge in [0.1, 0.15) is 0 Å². The number of halogens is 1. The first kappa shape index (κ1) is 25.6. The summed E-state index contributed by atoms with van der Waals surface area (Å²) in [6.07, 6.45) is 1.68. The van der Waals surface area contributed by atoms with Gasteiger partial charge in [-0.25, -0.2) is 8.42 Å². The molecule has 0 aromatic heterocycles. The fourth-order valence-electron chi connectivity index (χ4n) is 3.78. The molecule has 0 amide bonds. The number of piperidine rings is 1. The van der Waals surface area contributed by atoms with E-state index in [2.05, 4.69) is 47.7 Å². The van der Waals surface area contributed by atoms with Crippen molar-refractivity contribution >= 4 is 40.0 Å². The highest BCUT2D eigenvalue weighted by Gasteiger charge is 2.29. The Balaban J connectivity index is 0.00000341. The molecule has 0 unspecified atom stereocenters. The van der Waals surface area contributed by atoms with E-state index in [0.717, 1.165) is 31.9 Å². The van der Waals surface area contributed by atoms with Crippen molar-refractivity contribution in [2.45, 2.75) is 38.1 Å². The van der Waals surface area contributed by atoms with Gasteiger partial charge < -0.3 is 10.6 Å². The predicted molar refractivity (Wildman–Crippen MR) is 137 cm³/mol. The van der Waals surface area contributed by atoms with Gasteiger partial charge in [-0.05, 0) is 55.9 Å². The molecule has 3 rings (SSSR count). The first-order valence-corrected chi connectivity index (χ1v) is 11.9. The van der Waals surface area contributed by atoms with E-state index in [1.54, 1.807) is 35.6 Å². The number of nitrogens with zero attached hydrogens (tertiary/aromatic N) is 2. The Kier molecular flexibility index (Phi) is 9.77. The molecule has 1 aliphatic heterocycles. The summed E-state index contributed by atoms with van der Waals surface area (Å²) in [5.74, 6) is 1.20. The van der Waals surface area contributed by atoms with Crippen LogP contribution in [0.3, 0.4) is 0 Å². The van der Waals surface area contributed by atoms with E-state index >= 15 is 0 Å². The van der Waals surface area contributed by atoms with Gasteiger partial charge in [0.05, 0.1) is 4.90 Å². The van der Waals surface area contributed by atoms with Crippen LogP contribution in [0.25, 0.3) is 0 Å². The lowest BCUT2D eigenvalue weighted by atomic mass is 9.98. The molecule has 0 bridgehead atoms. The van der Waals surface area contributed by atoms with Crippen molar-refractivity contribution in [3.63, 3.8) is 0 Å². The molecule has 31 heavy (non-hydrogen) atoms. The SMILES string of the molecule is CN=C(NCc1ccc(C)cc1C)NCC1CCN(S(=O)(=O)c2ccccc2)CC1.I. The molecule has 1 saturated heterocycles. The first-order valence-electron chi connectivity index (χ1n) is 10.5. The van der Waals surface area contributed by atoms with Crippen LogP contribution in [0.5, 0.6) is 0 Å². The van der Waals surface area contributed by atoms with Gasteiger partial charge in [0.15, 0.2) is 5.96 Å². The topological polar surface area (TPSA) is 73.8 Å². The van der Waals surface area contributed by atoms with Crippen LogP contribution in [0.4, 0.5) is 0 Å². The standard InChI is InChI=1S/C23H32N4O2S.HI/c1-18-9-10-21(19(2)15-18)17-26-23(24-3)25-16-20-11-13-27(14-12-20)30(28,29)22-7-5-4-6-8-22;/h4-10,15,20H,11-14,16-17H2,1-3H3,(H2,24,25,26);1H. The molecule has 2 aromatic carbocycles. The van der Waals surface area contributed by atoms with Crippen molar-refractivity contribution in [3.8, 4) is 0 Å². The highest BCUT2D eigenvalue weighted by Crippen LogP contribution is 2.23. The zero-order valence-corrected chi connectivity index (χ0v) is 21.6. The van der Waals surface area contributed by atoms with Crippen LogP contribution < -0.4 is 10.6 Å². The van der Waals surface area contributed by atoms with Crippen molar-refractivity contribution in [2.24, 2.45) is 10.9 Å². The number of aliphatic imine (C=N–C) groups is 1. The normalized spacial score (nSPS) is 15.9. The van der Waals surface area contributed by atoms with E-state index in [1.165, 1.54) is 16.7 Å². The summed E-state index contributed by atoms with van der Waals surface area (Å²) in [4.78, 5) is 4.69. The number of sulfonamides is 1. The smallest absolute Gasteiger partial charge is 0.243 e. The van der Waals surface area contributed by atoms with E-state index in [0.29, 0.717) is 23.9 Å². The summed E-state index contributed by atoms with van der Waals surface area (Å²) < 4.78 is 27.1. The van der Waals surface area contributed by atoms with E-state index in [1.807, 2.05) is 6.07 Å². The number of hydrogen-bond acceptors (Lipinski definition) is 3. The van der Waals surface area contributed by atoms with Crippen LogP contribution in [0.15, 0.2) is 58.4 Å². The molecule has 8 heteroatoms. The van der Waals surface area contributed by atoms with Gasteiger partial charge in [0.2, 0.25) is 10.0 Å². The van der Waals surface area contributed by atoms with E-state index in [-0.39, 0.29) is 24.0 Å². The molecule has 1 fully saturated rings. The minimum Gasteiger partial charge on any atom is -0.356 e. The maximum absolute atomic E-state index is 12.8. The monoisotopic (exact) mass is 556 g/mol. The zero-order chi connectivity index (χ0) is 21.6. The summed E-state index contributed by atoms with van der Waals surface area (Å²) >= 11 is 0. The van der Waals surface area contributed by atoms with Crippen molar-refractivity contribution in [1.29, 1.82) is 0 Å². The van der Waals surface area contributed by atoms with Crippen molar-refractivity contribution in [3.05, 3.63) is 65.2 Å². The van der Waals surface area contributed by atoms with Gasteiger partial charge in [0.25, 0.3) is 0 Å². The average Bonchev–Trinajstić information content (AvgIpc) is 2.76. The fourth-order valence-corrected chi connectivity index (χ4v) is 5.27. The van der Waals surface area contributed by atoms with E-state index < -0.39 is 10.0 Å². The van der Waals surface area contributed by atoms with Gasteiger partial charge >= 0.3 is 0 Å². The Bertz CT molecular complexity index is 972. The largest absolute Gasteiger partial charge is 0.356 e. The number of rotatable bonds is 6. The molecule has 0 atom stereocenters. The van der Waals surface area contributed by atoms with Crippen LogP contribution in [-0.2, 0) is 16.6 Å². The third kappa shape index (κ3) is 6.92. The zero-order valence-electron chi connectivity index (χ0n) is 18.5. The molecule has 1 aliphatic rings. The highest BCUT2D eigenvalue weighted by molar-refractivity contribution is 14.0. The number of hydrogen-bond donors (Lipinski definition) is 2. The lowest BCUT2D eigenvalue weighted by molar-refractivity contribution is 0.273. The Hall–Kier alpha value is -1.65. The predicted octanol–water partition coefficient (Wildman–Crippen LogP) is 3.69. The molecule has 0 spiro atoms. The van der Waals surface area contributed by atoms with E-state index in [9.17, 15) is 8.42 Å². The Labute approximate surface area is 203 Å². The average molecular weight is 557 g/mol. The minimum absolute atomic E-state index is 0. The van der Waals surface area contributed by atoms with Crippen molar-refractivity contribution in [2.75, 3.05) is 26.7 Å². The summed E-state index contributed by atoms with van der Waals surface area (Å²) in [5.41, 5.74) is 3.78. The molecule has 2 aromatic rings. The molecule has 0 radical (unpaired) electrons. The second kappa shape index (κ2) is 11.8.